The van der Waals surface area contributed by atoms with Gasteiger partial charge in [0.2, 0.25) is 5.91 Å². The van der Waals surface area contributed by atoms with Crippen molar-refractivity contribution in [2.24, 2.45) is 0 Å². The van der Waals surface area contributed by atoms with Gasteiger partial charge in [-0.3, -0.25) is 9.59 Å². The van der Waals surface area contributed by atoms with Crippen molar-refractivity contribution < 1.29 is 14.3 Å². The molecule has 6 heteroatoms. The van der Waals surface area contributed by atoms with Gasteiger partial charge in [-0.2, -0.15) is 0 Å². The van der Waals surface area contributed by atoms with E-state index in [9.17, 15) is 9.59 Å². The summed E-state index contributed by atoms with van der Waals surface area (Å²) in [5.74, 6) is 0.491. The van der Waals surface area contributed by atoms with E-state index >= 15 is 0 Å². The number of amides is 1. The lowest BCUT2D eigenvalue weighted by molar-refractivity contribution is -0.117. The molecule has 5 nitrogen and oxygen atoms in total. The predicted molar refractivity (Wildman–Crippen MR) is 107 cm³/mol. The number of aryl methyl sites for hydroxylation is 1. The first-order chi connectivity index (χ1) is 13.0. The van der Waals surface area contributed by atoms with E-state index in [1.54, 1.807) is 7.11 Å². The van der Waals surface area contributed by atoms with Crippen LogP contribution >= 0.6 is 11.3 Å². The van der Waals surface area contributed by atoms with Gasteiger partial charge in [0, 0.05) is 6.42 Å². The molecule has 138 valence electrons. The Bertz CT molecular complexity index is 1040. The molecule has 1 aliphatic carbocycles. The van der Waals surface area contributed by atoms with Crippen molar-refractivity contribution in [2.75, 3.05) is 12.4 Å². The summed E-state index contributed by atoms with van der Waals surface area (Å²) in [6, 6.07) is 11.9. The molecule has 1 amide bonds. The summed E-state index contributed by atoms with van der Waals surface area (Å²) in [6.45, 7) is 1.87. The molecule has 0 fully saturated rings. The molecule has 1 N–H and O–H groups in total. The van der Waals surface area contributed by atoms with Crippen LogP contribution < -0.4 is 10.1 Å². The second-order valence-corrected chi connectivity index (χ2v) is 7.75. The number of benzene rings is 2. The van der Waals surface area contributed by atoms with Gasteiger partial charge in [0.1, 0.15) is 5.75 Å². The minimum absolute atomic E-state index is 0.124. The second kappa shape index (κ2) is 7.12. The first-order valence-electron chi connectivity index (χ1n) is 8.96. The molecule has 0 unspecified atom stereocenters. The van der Waals surface area contributed by atoms with Crippen LogP contribution in [-0.4, -0.2) is 23.8 Å². The number of hydrogen-bond donors (Lipinski definition) is 1. The van der Waals surface area contributed by atoms with Crippen LogP contribution in [0.15, 0.2) is 36.4 Å². The summed E-state index contributed by atoms with van der Waals surface area (Å²) in [6.07, 6.45) is 2.21. The summed E-state index contributed by atoms with van der Waals surface area (Å²) in [7, 11) is 1.64. The molecule has 0 spiro atoms. The zero-order chi connectivity index (χ0) is 19.0. The van der Waals surface area contributed by atoms with Crippen molar-refractivity contribution in [1.29, 1.82) is 0 Å². The number of Topliss-reactive ketones (excluding diaryl/α,β-unsaturated/α-hetero) is 1. The van der Waals surface area contributed by atoms with Crippen molar-refractivity contribution in [3.05, 3.63) is 52.5 Å². The number of ketones is 1. The van der Waals surface area contributed by atoms with E-state index in [1.807, 2.05) is 43.3 Å². The fourth-order valence-corrected chi connectivity index (χ4v) is 4.31. The number of nitrogens with zero attached hydrogens (tertiary/aromatic N) is 1. The summed E-state index contributed by atoms with van der Waals surface area (Å²) in [4.78, 5) is 29.8. The highest BCUT2D eigenvalue weighted by atomic mass is 32.1. The maximum absolute atomic E-state index is 12.7. The Balaban J connectivity index is 1.53. The van der Waals surface area contributed by atoms with Crippen LogP contribution in [0.1, 0.15) is 46.6 Å². The number of fused-ring (bicyclic) bond motifs is 2. The van der Waals surface area contributed by atoms with Gasteiger partial charge in [-0.05, 0) is 48.2 Å². The van der Waals surface area contributed by atoms with Crippen molar-refractivity contribution in [3.8, 4) is 5.75 Å². The first kappa shape index (κ1) is 17.7. The average molecular weight is 380 g/mol. The van der Waals surface area contributed by atoms with Crippen molar-refractivity contribution in [3.63, 3.8) is 0 Å². The highest BCUT2D eigenvalue weighted by Crippen LogP contribution is 2.31. The van der Waals surface area contributed by atoms with Gasteiger partial charge in [-0.25, -0.2) is 4.98 Å². The second-order valence-electron chi connectivity index (χ2n) is 6.76. The highest BCUT2D eigenvalue weighted by Gasteiger charge is 2.24. The number of carbonyl (C=O) groups excluding carboxylic acids is 2. The summed E-state index contributed by atoms with van der Waals surface area (Å²) < 4.78 is 5.25. The van der Waals surface area contributed by atoms with Crippen LogP contribution in [-0.2, 0) is 11.2 Å². The lowest BCUT2D eigenvalue weighted by Gasteiger charge is -2.12. The van der Waals surface area contributed by atoms with E-state index in [0.29, 0.717) is 16.4 Å². The van der Waals surface area contributed by atoms with Gasteiger partial charge in [0.05, 0.1) is 23.6 Å². The third kappa shape index (κ3) is 3.45. The Morgan fingerprint density at radius 2 is 1.96 bits per heavy atom. The van der Waals surface area contributed by atoms with Crippen molar-refractivity contribution in [1.82, 2.24) is 4.98 Å². The summed E-state index contributed by atoms with van der Waals surface area (Å²) in [5, 5.41) is 5.52. The largest absolute Gasteiger partial charge is 0.497 e. The molecule has 0 radical (unpaired) electrons. The smallest absolute Gasteiger partial charge is 0.233 e. The number of nitrogens with one attached hydrogen (secondary N) is 1. The first-order valence-corrected chi connectivity index (χ1v) is 9.78. The normalized spacial score (nSPS) is 14.7. The fraction of sp³-hybridized carbons (Fsp3) is 0.286. The van der Waals surface area contributed by atoms with Crippen LogP contribution in [0.2, 0.25) is 0 Å². The zero-order valence-corrected chi connectivity index (χ0v) is 16.1. The zero-order valence-electron chi connectivity index (χ0n) is 15.2. The fourth-order valence-electron chi connectivity index (χ4n) is 3.33. The molecule has 3 aromatic rings. The molecule has 1 heterocycles. The number of methoxy groups -OCH3 is 1. The number of rotatable bonds is 4. The van der Waals surface area contributed by atoms with Crippen LogP contribution in [0, 0.1) is 0 Å². The van der Waals surface area contributed by atoms with E-state index < -0.39 is 0 Å². The van der Waals surface area contributed by atoms with E-state index in [0.717, 1.165) is 40.6 Å². The molecule has 4 rings (SSSR count). The number of anilines is 1. The van der Waals surface area contributed by atoms with Crippen LogP contribution in [0.4, 0.5) is 5.13 Å². The third-order valence-corrected chi connectivity index (χ3v) is 6.02. The number of aromatic nitrogens is 1. The van der Waals surface area contributed by atoms with E-state index in [-0.39, 0.29) is 17.6 Å². The van der Waals surface area contributed by atoms with Crippen molar-refractivity contribution >= 4 is 38.9 Å². The summed E-state index contributed by atoms with van der Waals surface area (Å²) in [5.41, 5.74) is 1.75. The molecule has 1 aliphatic rings. The maximum atomic E-state index is 12.7. The van der Waals surface area contributed by atoms with Gasteiger partial charge < -0.3 is 10.1 Å². The van der Waals surface area contributed by atoms with Gasteiger partial charge in [-0.15, -0.1) is 0 Å². The van der Waals surface area contributed by atoms with Gasteiger partial charge in [0.15, 0.2) is 10.9 Å². The monoisotopic (exact) mass is 380 g/mol. The van der Waals surface area contributed by atoms with Crippen LogP contribution in [0.5, 0.6) is 5.75 Å². The van der Waals surface area contributed by atoms with Gasteiger partial charge in [0.25, 0.3) is 0 Å². The van der Waals surface area contributed by atoms with Crippen LogP contribution in [0.25, 0.3) is 10.8 Å². The quantitative estimate of drug-likeness (QED) is 0.720. The number of hydrogen-bond acceptors (Lipinski definition) is 5. The Labute approximate surface area is 161 Å². The molecule has 2 aromatic carbocycles. The number of thiazole rings is 1. The lowest BCUT2D eigenvalue weighted by atomic mass is 9.97. The summed E-state index contributed by atoms with van der Waals surface area (Å²) >= 11 is 1.28. The molecule has 0 saturated carbocycles. The molecular weight excluding hydrogens is 360 g/mol. The minimum atomic E-state index is -0.326. The Hall–Kier alpha value is -2.73. The molecule has 27 heavy (non-hydrogen) atoms. The number of carbonyl (C=O) groups is 2. The molecule has 0 saturated heterocycles. The standard InChI is InChI=1S/C21H20N2O3S/c1-12(13-6-7-15-11-16(26-2)9-8-14(15)10-13)20(25)23-21-22-17-4-3-5-18(24)19(17)27-21/h6-12H,3-5H2,1-2H3,(H,22,23,25)/t12-/m0/s1. The van der Waals surface area contributed by atoms with Gasteiger partial charge >= 0.3 is 0 Å². The molecule has 0 aliphatic heterocycles. The SMILES string of the molecule is COc1ccc2cc([C@H](C)C(=O)Nc3nc4c(s3)C(=O)CCC4)ccc2c1. The lowest BCUT2D eigenvalue weighted by Crippen LogP contribution is -2.18. The molecule has 1 aromatic heterocycles. The predicted octanol–water partition coefficient (Wildman–Crippen LogP) is 4.57. The number of ether oxygens (including phenoxy) is 1. The topological polar surface area (TPSA) is 68.3 Å². The molecule has 0 bridgehead atoms. The molecule has 1 atom stereocenters. The average Bonchev–Trinajstić information content (AvgIpc) is 3.10. The third-order valence-electron chi connectivity index (χ3n) is 4.96. The van der Waals surface area contributed by atoms with Crippen molar-refractivity contribution in [2.45, 2.75) is 32.1 Å². The van der Waals surface area contributed by atoms with Crippen LogP contribution in [0.3, 0.4) is 0 Å². The minimum Gasteiger partial charge on any atom is -0.497 e. The Morgan fingerprint density at radius 1 is 1.19 bits per heavy atom. The highest BCUT2D eigenvalue weighted by molar-refractivity contribution is 7.17. The van der Waals surface area contributed by atoms with E-state index in [1.165, 1.54) is 11.3 Å². The maximum Gasteiger partial charge on any atom is 0.233 e. The molecular formula is C21H20N2O3S. The Morgan fingerprint density at radius 3 is 2.74 bits per heavy atom. The van der Waals surface area contributed by atoms with E-state index in [2.05, 4.69) is 10.3 Å². The van der Waals surface area contributed by atoms with E-state index in [4.69, 9.17) is 4.74 Å². The van der Waals surface area contributed by atoms with Gasteiger partial charge in [-0.1, -0.05) is 35.6 Å². The Kier molecular flexibility index (Phi) is 4.66.